The molecule has 0 aliphatic heterocycles. The number of hydrogen-bond donors (Lipinski definition) is 2. The fraction of sp³-hybridized carbons (Fsp3) is 0.588. The number of aryl methyl sites for hydroxylation is 1. The summed E-state index contributed by atoms with van der Waals surface area (Å²) in [6.45, 7) is 7.80. The summed E-state index contributed by atoms with van der Waals surface area (Å²) < 4.78 is 2.16. The van der Waals surface area contributed by atoms with E-state index in [2.05, 4.69) is 49.8 Å². The predicted molar refractivity (Wildman–Crippen MR) is 87.2 cm³/mol. The third-order valence-electron chi connectivity index (χ3n) is 4.11. The number of fused-ring (bicyclic) bond motifs is 1. The second kappa shape index (κ2) is 6.58. The van der Waals surface area contributed by atoms with Crippen molar-refractivity contribution < 1.29 is 5.11 Å². The van der Waals surface area contributed by atoms with Gasteiger partial charge in [0.15, 0.2) is 0 Å². The predicted octanol–water partition coefficient (Wildman–Crippen LogP) is 3.02. The second-order valence-electron chi connectivity index (χ2n) is 6.61. The monoisotopic (exact) mass is 289 g/mol. The molecule has 1 aromatic carbocycles. The number of nitrogens with zero attached hydrogens (tertiary/aromatic N) is 2. The van der Waals surface area contributed by atoms with E-state index in [1.54, 1.807) is 0 Å². The van der Waals surface area contributed by atoms with Gasteiger partial charge in [0.25, 0.3) is 0 Å². The Morgan fingerprint density at radius 1 is 1.33 bits per heavy atom. The summed E-state index contributed by atoms with van der Waals surface area (Å²) in [5, 5.41) is 12.6. The zero-order valence-electron chi connectivity index (χ0n) is 13.6. The maximum absolute atomic E-state index is 8.97. The zero-order chi connectivity index (χ0) is 15.5. The van der Waals surface area contributed by atoms with E-state index in [1.807, 2.05) is 12.1 Å². The Morgan fingerprint density at radius 3 is 2.71 bits per heavy atom. The van der Waals surface area contributed by atoms with Gasteiger partial charge in [0.2, 0.25) is 0 Å². The standard InChI is InChI=1S/C17H27N3O/c1-13(18-12-17(2,3)10-7-11-21)16-19-14-8-5-6-9-15(14)20(16)4/h5-6,8-9,13,18,21H,7,10-12H2,1-4H3. The maximum atomic E-state index is 8.97. The lowest BCUT2D eigenvalue weighted by molar-refractivity contribution is 0.232. The average molecular weight is 289 g/mol. The molecule has 0 saturated heterocycles. The third-order valence-corrected chi connectivity index (χ3v) is 4.11. The van der Waals surface area contributed by atoms with Gasteiger partial charge in [-0.25, -0.2) is 4.98 Å². The summed E-state index contributed by atoms with van der Waals surface area (Å²) in [5.74, 6) is 1.06. The van der Waals surface area contributed by atoms with Crippen LogP contribution in [0, 0.1) is 5.41 Å². The van der Waals surface area contributed by atoms with Crippen molar-refractivity contribution in [3.63, 3.8) is 0 Å². The Bertz CT molecular complexity index is 589. The SMILES string of the molecule is CC(NCC(C)(C)CCCO)c1nc2ccccc2n1C. The van der Waals surface area contributed by atoms with Gasteiger partial charge >= 0.3 is 0 Å². The number of imidazole rings is 1. The van der Waals surface area contributed by atoms with Gasteiger partial charge in [-0.2, -0.15) is 0 Å². The van der Waals surface area contributed by atoms with Crippen molar-refractivity contribution in [2.24, 2.45) is 12.5 Å². The molecule has 4 nitrogen and oxygen atoms in total. The van der Waals surface area contributed by atoms with Gasteiger partial charge < -0.3 is 15.0 Å². The van der Waals surface area contributed by atoms with Crippen molar-refractivity contribution in [1.82, 2.24) is 14.9 Å². The molecular formula is C17H27N3O. The van der Waals surface area contributed by atoms with E-state index in [0.717, 1.165) is 30.7 Å². The van der Waals surface area contributed by atoms with E-state index in [1.165, 1.54) is 5.52 Å². The van der Waals surface area contributed by atoms with E-state index in [9.17, 15) is 0 Å². The molecule has 0 bridgehead atoms. The number of aliphatic hydroxyl groups excluding tert-OH is 1. The highest BCUT2D eigenvalue weighted by Gasteiger charge is 2.20. The molecule has 4 heteroatoms. The fourth-order valence-electron chi connectivity index (χ4n) is 2.72. The Labute approximate surface area is 127 Å². The fourth-order valence-corrected chi connectivity index (χ4v) is 2.72. The summed E-state index contributed by atoms with van der Waals surface area (Å²) in [5.41, 5.74) is 2.39. The highest BCUT2D eigenvalue weighted by atomic mass is 16.2. The average Bonchev–Trinajstić information content (AvgIpc) is 2.81. The minimum atomic E-state index is 0.182. The molecule has 0 amide bonds. The first-order valence-electron chi connectivity index (χ1n) is 7.70. The molecule has 0 radical (unpaired) electrons. The highest BCUT2D eigenvalue weighted by Crippen LogP contribution is 2.24. The molecule has 21 heavy (non-hydrogen) atoms. The molecule has 2 aromatic rings. The van der Waals surface area contributed by atoms with Crippen LogP contribution in [0.15, 0.2) is 24.3 Å². The Morgan fingerprint density at radius 2 is 2.05 bits per heavy atom. The molecule has 1 aromatic heterocycles. The molecule has 0 aliphatic rings. The molecule has 1 unspecified atom stereocenters. The van der Waals surface area contributed by atoms with Crippen LogP contribution in [0.4, 0.5) is 0 Å². The smallest absolute Gasteiger partial charge is 0.126 e. The van der Waals surface area contributed by atoms with Gasteiger partial charge in [-0.15, -0.1) is 0 Å². The van der Waals surface area contributed by atoms with Crippen molar-refractivity contribution in [3.8, 4) is 0 Å². The second-order valence-corrected chi connectivity index (χ2v) is 6.61. The molecule has 0 aliphatic carbocycles. The van der Waals surface area contributed by atoms with Gasteiger partial charge in [0.05, 0.1) is 17.1 Å². The molecular weight excluding hydrogens is 262 g/mol. The Hall–Kier alpha value is -1.39. The topological polar surface area (TPSA) is 50.1 Å². The lowest BCUT2D eigenvalue weighted by Crippen LogP contribution is -2.32. The maximum Gasteiger partial charge on any atom is 0.126 e. The zero-order valence-corrected chi connectivity index (χ0v) is 13.6. The number of hydrogen-bond acceptors (Lipinski definition) is 3. The molecule has 1 atom stereocenters. The summed E-state index contributed by atoms with van der Waals surface area (Å²) in [4.78, 5) is 4.74. The molecule has 0 saturated carbocycles. The van der Waals surface area contributed by atoms with Gasteiger partial charge in [0.1, 0.15) is 5.82 Å². The first-order valence-corrected chi connectivity index (χ1v) is 7.70. The largest absolute Gasteiger partial charge is 0.396 e. The number of aromatic nitrogens is 2. The number of rotatable bonds is 7. The van der Waals surface area contributed by atoms with E-state index in [0.29, 0.717) is 0 Å². The van der Waals surface area contributed by atoms with Crippen molar-refractivity contribution in [3.05, 3.63) is 30.1 Å². The van der Waals surface area contributed by atoms with Crippen LogP contribution in [-0.4, -0.2) is 27.8 Å². The first-order chi connectivity index (χ1) is 9.94. The van der Waals surface area contributed by atoms with Crippen LogP contribution < -0.4 is 5.32 Å². The number of para-hydroxylation sites is 2. The van der Waals surface area contributed by atoms with Crippen LogP contribution >= 0.6 is 0 Å². The first kappa shape index (κ1) is 16.0. The minimum absolute atomic E-state index is 0.182. The summed E-state index contributed by atoms with van der Waals surface area (Å²) in [7, 11) is 2.07. The van der Waals surface area contributed by atoms with Crippen molar-refractivity contribution in [1.29, 1.82) is 0 Å². The number of aliphatic hydroxyl groups is 1. The van der Waals surface area contributed by atoms with E-state index in [4.69, 9.17) is 10.1 Å². The van der Waals surface area contributed by atoms with E-state index < -0.39 is 0 Å². The molecule has 0 fully saturated rings. The van der Waals surface area contributed by atoms with Crippen LogP contribution in [0.3, 0.4) is 0 Å². The van der Waals surface area contributed by atoms with Gasteiger partial charge in [-0.3, -0.25) is 0 Å². The molecule has 1 heterocycles. The summed E-state index contributed by atoms with van der Waals surface area (Å²) in [6, 6.07) is 8.43. The van der Waals surface area contributed by atoms with Crippen molar-refractivity contribution in [2.45, 2.75) is 39.7 Å². The molecule has 0 spiro atoms. The molecule has 116 valence electrons. The Balaban J connectivity index is 2.05. The van der Waals surface area contributed by atoms with E-state index >= 15 is 0 Å². The van der Waals surface area contributed by atoms with Crippen LogP contribution in [-0.2, 0) is 7.05 Å². The normalized spacial score (nSPS) is 13.8. The van der Waals surface area contributed by atoms with Gasteiger partial charge in [-0.1, -0.05) is 26.0 Å². The van der Waals surface area contributed by atoms with Crippen molar-refractivity contribution in [2.75, 3.05) is 13.2 Å². The molecule has 2 rings (SSSR count). The van der Waals surface area contributed by atoms with Crippen LogP contribution in [0.25, 0.3) is 11.0 Å². The number of benzene rings is 1. The van der Waals surface area contributed by atoms with Crippen LogP contribution in [0.5, 0.6) is 0 Å². The summed E-state index contributed by atoms with van der Waals surface area (Å²) in [6.07, 6.45) is 1.88. The van der Waals surface area contributed by atoms with Gasteiger partial charge in [0, 0.05) is 20.2 Å². The molecule has 2 N–H and O–H groups in total. The summed E-state index contributed by atoms with van der Waals surface area (Å²) >= 11 is 0. The Kier molecular flexibility index (Phi) is 5.01. The van der Waals surface area contributed by atoms with Crippen LogP contribution in [0.1, 0.15) is 45.5 Å². The minimum Gasteiger partial charge on any atom is -0.396 e. The quantitative estimate of drug-likeness (QED) is 0.824. The number of nitrogens with one attached hydrogen (secondary N) is 1. The van der Waals surface area contributed by atoms with Crippen molar-refractivity contribution >= 4 is 11.0 Å². The highest BCUT2D eigenvalue weighted by molar-refractivity contribution is 5.75. The lowest BCUT2D eigenvalue weighted by atomic mass is 9.87. The van der Waals surface area contributed by atoms with E-state index in [-0.39, 0.29) is 18.1 Å². The lowest BCUT2D eigenvalue weighted by Gasteiger charge is -2.27. The van der Waals surface area contributed by atoms with Gasteiger partial charge in [-0.05, 0) is 37.3 Å². The van der Waals surface area contributed by atoms with Crippen LogP contribution in [0.2, 0.25) is 0 Å². The third kappa shape index (κ3) is 3.83.